The lowest BCUT2D eigenvalue weighted by Crippen LogP contribution is -2.48. The second kappa shape index (κ2) is 5.76. The van der Waals surface area contributed by atoms with E-state index in [2.05, 4.69) is 0 Å². The normalized spacial score (nSPS) is 16.2. The molecule has 1 aromatic carbocycles. The van der Waals surface area contributed by atoms with E-state index in [1.54, 1.807) is 0 Å². The Labute approximate surface area is 109 Å². The molecule has 1 aliphatic heterocycles. The van der Waals surface area contributed by atoms with Crippen LogP contribution in [0, 0.1) is 23.0 Å². The summed E-state index contributed by atoms with van der Waals surface area (Å²) in [6.45, 7) is 2.27. The first-order valence-corrected chi connectivity index (χ1v) is 5.95. The lowest BCUT2D eigenvalue weighted by molar-refractivity contribution is 0.0646. The van der Waals surface area contributed by atoms with Gasteiger partial charge in [0.2, 0.25) is 0 Å². The highest BCUT2D eigenvalue weighted by Gasteiger charge is 2.24. The Morgan fingerprint density at radius 1 is 1.26 bits per heavy atom. The minimum atomic E-state index is -0.717. The summed E-state index contributed by atoms with van der Waals surface area (Å²) in [6, 6.07) is 4.89. The van der Waals surface area contributed by atoms with Crippen molar-refractivity contribution in [1.82, 2.24) is 9.80 Å². The summed E-state index contributed by atoms with van der Waals surface area (Å²) in [4.78, 5) is 15.5. The van der Waals surface area contributed by atoms with Crippen molar-refractivity contribution in [3.05, 3.63) is 35.4 Å². The Morgan fingerprint density at radius 3 is 2.58 bits per heavy atom. The van der Waals surface area contributed by atoms with E-state index in [9.17, 15) is 13.6 Å². The molecule has 1 heterocycles. The molecule has 0 bridgehead atoms. The molecule has 0 spiro atoms. The molecule has 0 aliphatic carbocycles. The number of nitrogens with zero attached hydrogens (tertiary/aromatic N) is 3. The third-order valence-corrected chi connectivity index (χ3v) is 3.11. The van der Waals surface area contributed by atoms with Gasteiger partial charge >= 0.3 is 0 Å². The number of benzene rings is 1. The molecule has 0 unspecified atom stereocenters. The summed E-state index contributed by atoms with van der Waals surface area (Å²) >= 11 is 0. The first-order valence-electron chi connectivity index (χ1n) is 5.95. The molecule has 0 atom stereocenters. The summed E-state index contributed by atoms with van der Waals surface area (Å²) in [7, 11) is 0. The molecule has 4 nitrogen and oxygen atoms in total. The predicted molar refractivity (Wildman–Crippen MR) is 64.3 cm³/mol. The molecule has 1 aromatic rings. The molecule has 100 valence electrons. The number of amides is 1. The number of nitriles is 1. The van der Waals surface area contributed by atoms with Crippen LogP contribution in [0.4, 0.5) is 8.78 Å². The Kier molecular flexibility index (Phi) is 4.07. The van der Waals surface area contributed by atoms with Gasteiger partial charge in [-0.1, -0.05) is 0 Å². The van der Waals surface area contributed by atoms with E-state index in [0.29, 0.717) is 32.7 Å². The van der Waals surface area contributed by atoms with E-state index >= 15 is 0 Å². The van der Waals surface area contributed by atoms with Gasteiger partial charge in [-0.3, -0.25) is 9.69 Å². The highest BCUT2D eigenvalue weighted by molar-refractivity contribution is 5.94. The minimum Gasteiger partial charge on any atom is -0.336 e. The van der Waals surface area contributed by atoms with Gasteiger partial charge in [-0.15, -0.1) is 0 Å². The van der Waals surface area contributed by atoms with Crippen LogP contribution in [0.25, 0.3) is 0 Å². The van der Waals surface area contributed by atoms with Gasteiger partial charge in [0.1, 0.15) is 11.6 Å². The third kappa shape index (κ3) is 3.06. The van der Waals surface area contributed by atoms with E-state index in [1.165, 1.54) is 4.90 Å². The smallest absolute Gasteiger partial charge is 0.257 e. The minimum absolute atomic E-state index is 0.242. The van der Waals surface area contributed by atoms with Crippen LogP contribution in [-0.4, -0.2) is 48.4 Å². The van der Waals surface area contributed by atoms with Crippen LogP contribution < -0.4 is 0 Å². The maximum absolute atomic E-state index is 13.5. The molecule has 1 amide bonds. The number of hydrogen-bond acceptors (Lipinski definition) is 3. The van der Waals surface area contributed by atoms with E-state index in [4.69, 9.17) is 5.26 Å². The van der Waals surface area contributed by atoms with Crippen LogP contribution in [0.2, 0.25) is 0 Å². The van der Waals surface area contributed by atoms with E-state index < -0.39 is 17.5 Å². The maximum atomic E-state index is 13.5. The predicted octanol–water partition coefficient (Wildman–Crippen LogP) is 1.25. The molecule has 2 rings (SSSR count). The zero-order chi connectivity index (χ0) is 13.8. The van der Waals surface area contributed by atoms with Gasteiger partial charge in [0.25, 0.3) is 5.91 Å². The molecule has 0 radical (unpaired) electrons. The Bertz CT molecular complexity index is 519. The van der Waals surface area contributed by atoms with E-state index in [0.717, 1.165) is 18.2 Å². The van der Waals surface area contributed by atoms with E-state index in [1.807, 2.05) is 11.0 Å². The van der Waals surface area contributed by atoms with Crippen molar-refractivity contribution < 1.29 is 13.6 Å². The first kappa shape index (κ1) is 13.4. The van der Waals surface area contributed by atoms with Crippen molar-refractivity contribution >= 4 is 5.91 Å². The monoisotopic (exact) mass is 265 g/mol. The molecule has 0 aromatic heterocycles. The van der Waals surface area contributed by atoms with Crippen LogP contribution in [0.3, 0.4) is 0 Å². The van der Waals surface area contributed by atoms with Crippen LogP contribution in [0.5, 0.6) is 0 Å². The molecule has 1 aliphatic rings. The average Bonchev–Trinajstić information content (AvgIpc) is 2.42. The van der Waals surface area contributed by atoms with Gasteiger partial charge in [0.15, 0.2) is 0 Å². The lowest BCUT2D eigenvalue weighted by atomic mass is 10.1. The van der Waals surface area contributed by atoms with Crippen molar-refractivity contribution in [3.8, 4) is 6.07 Å². The standard InChI is InChI=1S/C13H13F2N3O/c14-10-1-2-12(15)11(9-10)13(19)18-7-5-17(4-3-16)6-8-18/h1-2,9H,4-8H2. The SMILES string of the molecule is N#CCN1CCN(C(=O)c2cc(F)ccc2F)CC1. The van der Waals surface area contributed by atoms with Crippen LogP contribution in [-0.2, 0) is 0 Å². The van der Waals surface area contributed by atoms with Gasteiger partial charge in [-0.05, 0) is 18.2 Å². The van der Waals surface area contributed by atoms with Gasteiger partial charge in [-0.2, -0.15) is 5.26 Å². The summed E-state index contributed by atoms with van der Waals surface area (Å²) in [6.07, 6.45) is 0. The van der Waals surface area contributed by atoms with Crippen molar-refractivity contribution in [2.75, 3.05) is 32.7 Å². The zero-order valence-electron chi connectivity index (χ0n) is 10.3. The second-order valence-electron chi connectivity index (χ2n) is 4.35. The van der Waals surface area contributed by atoms with Crippen molar-refractivity contribution in [3.63, 3.8) is 0 Å². The van der Waals surface area contributed by atoms with Crippen molar-refractivity contribution in [2.24, 2.45) is 0 Å². The molecule has 1 saturated heterocycles. The highest BCUT2D eigenvalue weighted by atomic mass is 19.1. The van der Waals surface area contributed by atoms with Crippen LogP contribution in [0.1, 0.15) is 10.4 Å². The summed E-state index contributed by atoms with van der Waals surface area (Å²) in [5.74, 6) is -1.85. The summed E-state index contributed by atoms with van der Waals surface area (Å²) in [5.41, 5.74) is -0.242. The molecule has 19 heavy (non-hydrogen) atoms. The van der Waals surface area contributed by atoms with E-state index in [-0.39, 0.29) is 5.56 Å². The van der Waals surface area contributed by atoms with Crippen molar-refractivity contribution in [2.45, 2.75) is 0 Å². The number of hydrogen-bond donors (Lipinski definition) is 0. The number of rotatable bonds is 2. The fourth-order valence-corrected chi connectivity index (χ4v) is 2.04. The fourth-order valence-electron chi connectivity index (χ4n) is 2.04. The largest absolute Gasteiger partial charge is 0.336 e. The van der Waals surface area contributed by atoms with Crippen molar-refractivity contribution in [1.29, 1.82) is 5.26 Å². The maximum Gasteiger partial charge on any atom is 0.257 e. The number of carbonyl (C=O) groups is 1. The van der Waals surface area contributed by atoms with Gasteiger partial charge in [-0.25, -0.2) is 8.78 Å². The lowest BCUT2D eigenvalue weighted by Gasteiger charge is -2.33. The molecule has 0 N–H and O–H groups in total. The number of carbonyl (C=O) groups excluding carboxylic acids is 1. The van der Waals surface area contributed by atoms with Gasteiger partial charge in [0, 0.05) is 26.2 Å². The molecule has 1 fully saturated rings. The topological polar surface area (TPSA) is 47.3 Å². The fraction of sp³-hybridized carbons (Fsp3) is 0.385. The molecular weight excluding hydrogens is 252 g/mol. The van der Waals surface area contributed by atoms with Crippen LogP contribution in [0.15, 0.2) is 18.2 Å². The molecule has 0 saturated carbocycles. The third-order valence-electron chi connectivity index (χ3n) is 3.11. The Balaban J connectivity index is 2.05. The molecular formula is C13H13F2N3O. The summed E-state index contributed by atoms with van der Waals surface area (Å²) in [5, 5.41) is 8.58. The Hall–Kier alpha value is -2.00. The molecule has 6 heteroatoms. The zero-order valence-corrected chi connectivity index (χ0v) is 10.3. The number of piperazine rings is 1. The van der Waals surface area contributed by atoms with Gasteiger partial charge in [0.05, 0.1) is 18.2 Å². The quantitative estimate of drug-likeness (QED) is 0.756. The number of halogens is 2. The second-order valence-corrected chi connectivity index (χ2v) is 4.35. The average molecular weight is 265 g/mol. The first-order chi connectivity index (χ1) is 9.11. The van der Waals surface area contributed by atoms with Gasteiger partial charge < -0.3 is 4.90 Å². The summed E-state index contributed by atoms with van der Waals surface area (Å²) < 4.78 is 26.6. The van der Waals surface area contributed by atoms with Crippen LogP contribution >= 0.6 is 0 Å². The highest BCUT2D eigenvalue weighted by Crippen LogP contribution is 2.14. The Morgan fingerprint density at radius 2 is 1.95 bits per heavy atom.